The van der Waals surface area contributed by atoms with Crippen molar-refractivity contribution in [3.8, 4) is 16.9 Å². The molecule has 0 aliphatic carbocycles. The average Bonchev–Trinajstić information content (AvgIpc) is 2.70. The lowest BCUT2D eigenvalue weighted by Gasteiger charge is -2.38. The fourth-order valence-electron chi connectivity index (χ4n) is 3.75. The van der Waals surface area contributed by atoms with Crippen LogP contribution in [0.15, 0.2) is 42.5 Å². The Morgan fingerprint density at radius 3 is 2.43 bits per heavy atom. The molecule has 0 bridgehead atoms. The highest BCUT2D eigenvalue weighted by Crippen LogP contribution is 2.39. The van der Waals surface area contributed by atoms with E-state index in [4.69, 9.17) is 4.74 Å². The number of aryl methyl sites for hydroxylation is 1. The molecule has 0 fully saturated rings. The molecule has 3 heteroatoms. The van der Waals surface area contributed by atoms with Crippen molar-refractivity contribution in [3.63, 3.8) is 0 Å². The monoisotopic (exact) mass is 397 g/mol. The van der Waals surface area contributed by atoms with Gasteiger partial charge in [-0.25, -0.2) is 0 Å². The lowest BCUT2D eigenvalue weighted by molar-refractivity contribution is 0.0343. The van der Waals surface area contributed by atoms with Crippen molar-refractivity contribution in [1.29, 1.82) is 0 Å². The fraction of sp³-hybridized carbons (Fsp3) is 0.520. The van der Waals surface area contributed by atoms with Crippen molar-refractivity contribution >= 4 is 11.8 Å². The van der Waals surface area contributed by atoms with E-state index in [1.807, 2.05) is 18.8 Å². The highest BCUT2D eigenvalue weighted by molar-refractivity contribution is 7.99. The van der Waals surface area contributed by atoms with Crippen LogP contribution in [0.25, 0.3) is 11.1 Å². The molecule has 0 radical (unpaired) electrons. The molecule has 1 unspecified atom stereocenters. The summed E-state index contributed by atoms with van der Waals surface area (Å²) in [7, 11) is 2.01. The molecule has 0 amide bonds. The van der Waals surface area contributed by atoms with E-state index in [1.165, 1.54) is 22.3 Å². The van der Waals surface area contributed by atoms with Crippen molar-refractivity contribution in [1.82, 2.24) is 5.32 Å². The second-order valence-corrected chi connectivity index (χ2v) is 10.7. The third kappa shape index (κ3) is 5.33. The van der Waals surface area contributed by atoms with Crippen molar-refractivity contribution in [2.24, 2.45) is 0 Å². The highest BCUT2D eigenvalue weighted by atomic mass is 32.2. The number of rotatable bonds is 7. The van der Waals surface area contributed by atoms with E-state index in [9.17, 15) is 0 Å². The molecule has 0 saturated heterocycles. The van der Waals surface area contributed by atoms with Crippen LogP contribution in [0.2, 0.25) is 0 Å². The Morgan fingerprint density at radius 2 is 1.79 bits per heavy atom. The molecule has 2 aromatic rings. The first-order chi connectivity index (χ1) is 13.3. The first-order valence-electron chi connectivity index (χ1n) is 10.5. The molecule has 2 aromatic carbocycles. The molecule has 152 valence electrons. The molecule has 28 heavy (non-hydrogen) atoms. The number of ether oxygens (including phenoxy) is 1. The molecular weight excluding hydrogens is 362 g/mol. The predicted octanol–water partition coefficient (Wildman–Crippen LogP) is 6.47. The van der Waals surface area contributed by atoms with Crippen LogP contribution in [0, 0.1) is 0 Å². The Morgan fingerprint density at radius 1 is 1.07 bits per heavy atom. The van der Waals surface area contributed by atoms with Crippen LogP contribution >= 0.6 is 11.8 Å². The van der Waals surface area contributed by atoms with Gasteiger partial charge in [-0.2, -0.15) is 11.8 Å². The van der Waals surface area contributed by atoms with Gasteiger partial charge in [-0.05, 0) is 73.7 Å². The normalized spacial score (nSPS) is 19.2. The summed E-state index contributed by atoms with van der Waals surface area (Å²) in [5.74, 6) is 2.14. The zero-order valence-electron chi connectivity index (χ0n) is 18.1. The Balaban J connectivity index is 1.72. The summed E-state index contributed by atoms with van der Waals surface area (Å²) in [6, 6.07) is 15.8. The highest BCUT2D eigenvalue weighted by Gasteiger charge is 2.34. The lowest BCUT2D eigenvalue weighted by atomic mass is 9.85. The summed E-state index contributed by atoms with van der Waals surface area (Å²) in [6.45, 7) is 10.1. The lowest BCUT2D eigenvalue weighted by Crippen LogP contribution is -2.41. The van der Waals surface area contributed by atoms with Crippen molar-refractivity contribution in [2.75, 3.05) is 13.6 Å². The maximum Gasteiger partial charge on any atom is 0.123 e. The van der Waals surface area contributed by atoms with Crippen LogP contribution in [0.1, 0.15) is 58.1 Å². The Bertz CT molecular complexity index is 778. The quantitative estimate of drug-likeness (QED) is 0.578. The number of thioether (sulfide) groups is 1. The summed E-state index contributed by atoms with van der Waals surface area (Å²) in [4.78, 5) is 0. The van der Waals surface area contributed by atoms with Gasteiger partial charge < -0.3 is 10.1 Å². The van der Waals surface area contributed by atoms with Gasteiger partial charge in [0.2, 0.25) is 0 Å². The molecule has 1 aliphatic heterocycles. The number of nitrogens with one attached hydrogen (secondary N) is 1. The maximum atomic E-state index is 6.50. The van der Waals surface area contributed by atoms with Crippen LogP contribution in [0.3, 0.4) is 0 Å². The van der Waals surface area contributed by atoms with Gasteiger partial charge in [-0.1, -0.05) is 58.0 Å². The number of benzene rings is 2. The van der Waals surface area contributed by atoms with Gasteiger partial charge in [0.05, 0.1) is 0 Å². The third-order valence-electron chi connectivity index (χ3n) is 5.67. The molecular formula is C25H35NOS. The standard InChI is InChI=1S/C25H35NOS/c1-6-25(15-16-26-5)14-13-22-17-21(11-12-23(22)27-25)20-9-7-19(8-10-20)18-28-24(2,3)4/h7-12,17,26H,6,13-16,18H2,1-5H3. The van der Waals surface area contributed by atoms with Crippen molar-refractivity contribution in [2.45, 2.75) is 69.5 Å². The first kappa shape index (κ1) is 21.3. The van der Waals surface area contributed by atoms with E-state index in [0.717, 1.165) is 43.7 Å². The Hall–Kier alpha value is -1.45. The van der Waals surface area contributed by atoms with Crippen LogP contribution in [0.5, 0.6) is 5.75 Å². The van der Waals surface area contributed by atoms with Crippen molar-refractivity contribution in [3.05, 3.63) is 53.6 Å². The summed E-state index contributed by atoms with van der Waals surface area (Å²) in [5, 5.41) is 3.27. The van der Waals surface area contributed by atoms with E-state index in [1.54, 1.807) is 0 Å². The van der Waals surface area contributed by atoms with Gasteiger partial charge in [0.1, 0.15) is 11.4 Å². The predicted molar refractivity (Wildman–Crippen MR) is 123 cm³/mol. The third-order valence-corrected chi connectivity index (χ3v) is 7.01. The molecule has 1 N–H and O–H groups in total. The largest absolute Gasteiger partial charge is 0.487 e. The minimum absolute atomic E-state index is 0.0100. The number of hydrogen-bond donors (Lipinski definition) is 1. The smallest absolute Gasteiger partial charge is 0.123 e. The topological polar surface area (TPSA) is 21.3 Å². The molecule has 0 saturated carbocycles. The van der Waals surface area contributed by atoms with Gasteiger partial charge in [-0.15, -0.1) is 0 Å². The Kier molecular flexibility index (Phi) is 6.77. The van der Waals surface area contributed by atoms with Gasteiger partial charge in [0.25, 0.3) is 0 Å². The zero-order chi connectivity index (χ0) is 20.2. The first-order valence-corrected chi connectivity index (χ1v) is 11.5. The van der Waals surface area contributed by atoms with Crippen LogP contribution in [-0.4, -0.2) is 23.9 Å². The van der Waals surface area contributed by atoms with E-state index in [-0.39, 0.29) is 5.60 Å². The summed E-state index contributed by atoms with van der Waals surface area (Å²) in [6.07, 6.45) is 4.32. The second-order valence-electron chi connectivity index (χ2n) is 8.91. The zero-order valence-corrected chi connectivity index (χ0v) is 18.9. The summed E-state index contributed by atoms with van der Waals surface area (Å²) < 4.78 is 6.81. The minimum atomic E-state index is -0.0100. The number of hydrogen-bond acceptors (Lipinski definition) is 3. The average molecular weight is 398 g/mol. The number of fused-ring (bicyclic) bond motifs is 1. The molecule has 3 rings (SSSR count). The second kappa shape index (κ2) is 8.92. The van der Waals surface area contributed by atoms with Crippen LogP contribution < -0.4 is 10.1 Å². The molecule has 1 atom stereocenters. The van der Waals surface area contributed by atoms with Gasteiger partial charge in [-0.3, -0.25) is 0 Å². The molecule has 2 nitrogen and oxygen atoms in total. The van der Waals surface area contributed by atoms with Gasteiger partial charge >= 0.3 is 0 Å². The summed E-state index contributed by atoms with van der Waals surface area (Å²) in [5.41, 5.74) is 5.30. The van der Waals surface area contributed by atoms with E-state index >= 15 is 0 Å². The maximum absolute atomic E-state index is 6.50. The molecule has 1 aliphatic rings. The van der Waals surface area contributed by atoms with E-state index < -0.39 is 0 Å². The van der Waals surface area contributed by atoms with Gasteiger partial charge in [0.15, 0.2) is 0 Å². The SMILES string of the molecule is CCC1(CCNC)CCc2cc(-c3ccc(CSC(C)(C)C)cc3)ccc2O1. The fourth-order valence-corrected chi connectivity index (χ4v) is 4.54. The summed E-state index contributed by atoms with van der Waals surface area (Å²) >= 11 is 1.99. The van der Waals surface area contributed by atoms with E-state index in [0.29, 0.717) is 4.75 Å². The van der Waals surface area contributed by atoms with Crippen LogP contribution in [0.4, 0.5) is 0 Å². The van der Waals surface area contributed by atoms with E-state index in [2.05, 4.69) is 75.5 Å². The van der Waals surface area contributed by atoms with Crippen LogP contribution in [-0.2, 0) is 12.2 Å². The molecule has 0 spiro atoms. The van der Waals surface area contributed by atoms with Crippen molar-refractivity contribution < 1.29 is 4.74 Å². The van der Waals surface area contributed by atoms with Gasteiger partial charge in [0, 0.05) is 10.5 Å². The molecule has 1 heterocycles. The minimum Gasteiger partial charge on any atom is -0.487 e. The Labute approximate surface area is 175 Å². The molecule has 0 aromatic heterocycles.